The second kappa shape index (κ2) is 11.4. The van der Waals surface area contributed by atoms with E-state index in [4.69, 9.17) is 11.6 Å². The molecule has 1 saturated carbocycles. The quantitative estimate of drug-likeness (QED) is 0.520. The largest absolute Gasteiger partial charge is 0.342 e. The lowest BCUT2D eigenvalue weighted by atomic mass is 9.87. The maximum absolute atomic E-state index is 13.3. The number of sulfone groups is 1. The van der Waals surface area contributed by atoms with E-state index in [0.717, 1.165) is 31.9 Å². The average Bonchev–Trinajstić information content (AvgIpc) is 3.44. The molecule has 8 nitrogen and oxygen atoms in total. The van der Waals surface area contributed by atoms with Crippen LogP contribution in [0, 0.1) is 5.92 Å². The standard InChI is InChI=1S/C24H33ClN4O4S/c1-4-28(5-2)23(30)16-29-13-12-22(27-29)26-24(31)19(14-17-8-6-7-9-17)18-10-11-21(20(25)15-18)34(3,32)33/h10-13,15,17,19H,4-9,14,16H2,1-3H3,(H,26,27,31). The van der Waals surface area contributed by atoms with Crippen LogP contribution in [-0.4, -0.2) is 54.3 Å². The van der Waals surface area contributed by atoms with Crippen molar-refractivity contribution in [3.63, 3.8) is 0 Å². The number of likely N-dealkylation sites (N-methyl/N-ethyl adjacent to an activating group) is 1. The molecule has 3 rings (SSSR count). The first-order valence-corrected chi connectivity index (χ1v) is 14.0. The minimum absolute atomic E-state index is 0.0364. The van der Waals surface area contributed by atoms with Gasteiger partial charge in [-0.3, -0.25) is 14.3 Å². The van der Waals surface area contributed by atoms with Crippen LogP contribution in [0.1, 0.15) is 57.4 Å². The topological polar surface area (TPSA) is 101 Å². The average molecular weight is 509 g/mol. The molecule has 10 heteroatoms. The Labute approximate surface area is 206 Å². The molecule has 0 saturated heterocycles. The first kappa shape index (κ1) is 26.2. The molecule has 2 aromatic rings. The number of carbonyl (C=O) groups is 2. The van der Waals surface area contributed by atoms with Crippen LogP contribution < -0.4 is 5.32 Å². The van der Waals surface area contributed by atoms with Gasteiger partial charge in [0.1, 0.15) is 6.54 Å². The van der Waals surface area contributed by atoms with Gasteiger partial charge in [-0.05, 0) is 43.9 Å². The molecule has 186 valence electrons. The molecule has 0 aliphatic heterocycles. The van der Waals surface area contributed by atoms with Crippen LogP contribution in [0.4, 0.5) is 5.82 Å². The van der Waals surface area contributed by atoms with Gasteiger partial charge in [-0.1, -0.05) is 43.4 Å². The molecule has 1 aromatic heterocycles. The first-order valence-electron chi connectivity index (χ1n) is 11.7. The van der Waals surface area contributed by atoms with Crippen molar-refractivity contribution in [2.75, 3.05) is 24.7 Å². The van der Waals surface area contributed by atoms with Gasteiger partial charge in [-0.2, -0.15) is 5.10 Å². The highest BCUT2D eigenvalue weighted by atomic mass is 35.5. The number of halogens is 1. The normalized spacial score (nSPS) is 15.3. The Morgan fingerprint density at radius 2 is 1.88 bits per heavy atom. The fraction of sp³-hybridized carbons (Fsp3) is 0.542. The number of carbonyl (C=O) groups excluding carboxylic acids is 2. The lowest BCUT2D eigenvalue weighted by molar-refractivity contribution is -0.131. The summed E-state index contributed by atoms with van der Waals surface area (Å²) in [4.78, 5) is 27.4. The summed E-state index contributed by atoms with van der Waals surface area (Å²) < 4.78 is 25.4. The number of anilines is 1. The zero-order valence-electron chi connectivity index (χ0n) is 20.0. The third kappa shape index (κ3) is 6.60. The van der Waals surface area contributed by atoms with Gasteiger partial charge in [0.05, 0.1) is 15.8 Å². The molecule has 0 radical (unpaired) electrons. The zero-order chi connectivity index (χ0) is 24.9. The van der Waals surface area contributed by atoms with E-state index in [0.29, 0.717) is 36.8 Å². The highest BCUT2D eigenvalue weighted by Crippen LogP contribution is 2.36. The minimum atomic E-state index is -3.46. The third-order valence-corrected chi connectivity index (χ3v) is 8.00. The molecular weight excluding hydrogens is 476 g/mol. The summed E-state index contributed by atoms with van der Waals surface area (Å²) in [5.41, 5.74) is 0.679. The summed E-state index contributed by atoms with van der Waals surface area (Å²) in [5.74, 6) is 0.0405. The lowest BCUT2D eigenvalue weighted by Crippen LogP contribution is -2.33. The Hall–Kier alpha value is -2.39. The molecule has 0 bridgehead atoms. The van der Waals surface area contributed by atoms with Gasteiger partial charge >= 0.3 is 0 Å². The van der Waals surface area contributed by atoms with Crippen molar-refractivity contribution in [1.29, 1.82) is 0 Å². The number of hydrogen-bond acceptors (Lipinski definition) is 5. The van der Waals surface area contributed by atoms with Gasteiger partial charge in [-0.15, -0.1) is 0 Å². The van der Waals surface area contributed by atoms with Crippen molar-refractivity contribution in [2.45, 2.75) is 63.3 Å². The Morgan fingerprint density at radius 3 is 2.47 bits per heavy atom. The van der Waals surface area contributed by atoms with E-state index < -0.39 is 15.8 Å². The van der Waals surface area contributed by atoms with E-state index >= 15 is 0 Å². The van der Waals surface area contributed by atoms with Crippen molar-refractivity contribution in [1.82, 2.24) is 14.7 Å². The fourth-order valence-electron chi connectivity index (χ4n) is 4.55. The number of nitrogens with zero attached hydrogens (tertiary/aromatic N) is 3. The van der Waals surface area contributed by atoms with E-state index in [1.54, 1.807) is 29.3 Å². The molecule has 1 aliphatic carbocycles. The highest BCUT2D eigenvalue weighted by Gasteiger charge is 2.28. The van der Waals surface area contributed by atoms with Crippen molar-refractivity contribution in [3.8, 4) is 0 Å². The van der Waals surface area contributed by atoms with Crippen molar-refractivity contribution in [3.05, 3.63) is 41.0 Å². The number of benzene rings is 1. The fourth-order valence-corrected chi connectivity index (χ4v) is 5.89. The minimum Gasteiger partial charge on any atom is -0.342 e. The van der Waals surface area contributed by atoms with Crippen molar-refractivity contribution >= 4 is 39.1 Å². The Bertz CT molecular complexity index is 1120. The zero-order valence-corrected chi connectivity index (χ0v) is 21.5. The summed E-state index contributed by atoms with van der Waals surface area (Å²) in [6.07, 6.45) is 7.87. The molecule has 1 atom stereocenters. The second-order valence-electron chi connectivity index (χ2n) is 8.85. The number of rotatable bonds is 10. The summed E-state index contributed by atoms with van der Waals surface area (Å²) >= 11 is 6.28. The van der Waals surface area contributed by atoms with Crippen LogP contribution in [0.5, 0.6) is 0 Å². The number of amides is 2. The molecule has 1 unspecified atom stereocenters. The smallest absolute Gasteiger partial charge is 0.244 e. The SMILES string of the molecule is CCN(CC)C(=O)Cn1ccc(NC(=O)C(CC2CCCC2)c2ccc(S(C)(=O)=O)c(Cl)c2)n1. The lowest BCUT2D eigenvalue weighted by Gasteiger charge is -2.21. The third-order valence-electron chi connectivity index (χ3n) is 6.42. The van der Waals surface area contributed by atoms with Crippen LogP contribution in [-0.2, 0) is 26.0 Å². The molecule has 34 heavy (non-hydrogen) atoms. The number of nitrogens with one attached hydrogen (secondary N) is 1. The Balaban J connectivity index is 1.78. The summed E-state index contributed by atoms with van der Waals surface area (Å²) in [6.45, 7) is 5.21. The van der Waals surface area contributed by atoms with Crippen LogP contribution in [0.2, 0.25) is 5.02 Å². The van der Waals surface area contributed by atoms with E-state index in [1.807, 2.05) is 13.8 Å². The Morgan fingerprint density at radius 1 is 1.21 bits per heavy atom. The molecule has 1 fully saturated rings. The molecule has 0 spiro atoms. The van der Waals surface area contributed by atoms with Gasteiger partial charge in [-0.25, -0.2) is 8.42 Å². The molecule has 1 aromatic carbocycles. The molecular formula is C24H33ClN4O4S. The monoisotopic (exact) mass is 508 g/mol. The van der Waals surface area contributed by atoms with E-state index in [9.17, 15) is 18.0 Å². The van der Waals surface area contributed by atoms with Gasteiger partial charge in [0, 0.05) is 31.6 Å². The number of aromatic nitrogens is 2. The summed E-state index contributed by atoms with van der Waals surface area (Å²) in [6, 6.07) is 6.39. The molecule has 1 N–H and O–H groups in total. The van der Waals surface area contributed by atoms with Crippen LogP contribution >= 0.6 is 11.6 Å². The maximum Gasteiger partial charge on any atom is 0.244 e. The van der Waals surface area contributed by atoms with E-state index in [-0.39, 0.29) is 28.3 Å². The highest BCUT2D eigenvalue weighted by molar-refractivity contribution is 7.90. The van der Waals surface area contributed by atoms with Gasteiger partial charge < -0.3 is 10.2 Å². The Kier molecular flexibility index (Phi) is 8.76. The number of hydrogen-bond donors (Lipinski definition) is 1. The predicted octanol–water partition coefficient (Wildman–Crippen LogP) is 4.11. The van der Waals surface area contributed by atoms with Crippen LogP contribution in [0.15, 0.2) is 35.4 Å². The molecule has 1 aliphatic rings. The predicted molar refractivity (Wildman–Crippen MR) is 133 cm³/mol. The van der Waals surface area contributed by atoms with Gasteiger partial charge in [0.25, 0.3) is 0 Å². The summed E-state index contributed by atoms with van der Waals surface area (Å²) in [7, 11) is -3.46. The van der Waals surface area contributed by atoms with E-state index in [1.165, 1.54) is 10.7 Å². The molecule has 1 heterocycles. The van der Waals surface area contributed by atoms with E-state index in [2.05, 4.69) is 10.4 Å². The van der Waals surface area contributed by atoms with Crippen LogP contribution in [0.25, 0.3) is 0 Å². The van der Waals surface area contributed by atoms with Gasteiger partial charge in [0.15, 0.2) is 15.7 Å². The molecule has 2 amide bonds. The first-order chi connectivity index (χ1) is 16.1. The van der Waals surface area contributed by atoms with Crippen LogP contribution in [0.3, 0.4) is 0 Å². The van der Waals surface area contributed by atoms with Crippen molar-refractivity contribution in [2.24, 2.45) is 5.92 Å². The van der Waals surface area contributed by atoms with Gasteiger partial charge in [0.2, 0.25) is 11.8 Å². The maximum atomic E-state index is 13.3. The summed E-state index contributed by atoms with van der Waals surface area (Å²) in [5, 5.41) is 7.33. The van der Waals surface area contributed by atoms with Crippen molar-refractivity contribution < 1.29 is 18.0 Å². The second-order valence-corrected chi connectivity index (χ2v) is 11.2.